The van der Waals surface area contributed by atoms with E-state index in [1.54, 1.807) is 24.3 Å². The van der Waals surface area contributed by atoms with E-state index in [1.165, 1.54) is 21.6 Å². The summed E-state index contributed by atoms with van der Waals surface area (Å²) in [4.78, 5) is 49.3. The number of carbonyl (C=O) groups is 4. The van der Waals surface area contributed by atoms with E-state index < -0.39 is 0 Å². The smallest absolute Gasteiger partial charge is 0.430 e. The minimum absolute atomic E-state index is 0. The fraction of sp³-hybridized carbons (Fsp3) is 0. The van der Waals surface area contributed by atoms with Gasteiger partial charge in [0.15, 0.2) is 0 Å². The largest absolute Gasteiger partial charge is 2.00 e. The van der Waals surface area contributed by atoms with Crippen LogP contribution in [0.5, 0.6) is 0 Å². The molecule has 0 saturated heterocycles. The minimum atomic E-state index is -0.339. The van der Waals surface area contributed by atoms with E-state index in [0.717, 1.165) is 31.3 Å². The molecule has 2 heterocycles. The van der Waals surface area contributed by atoms with Crippen LogP contribution in [0.25, 0.3) is 21.5 Å². The molecule has 0 atom stereocenters. The number of nitrogens with zero attached hydrogens (tertiary/aromatic N) is 2. The first kappa shape index (κ1) is 32.6. The Morgan fingerprint density at radius 3 is 0.947 bits per heavy atom. The van der Waals surface area contributed by atoms with Crippen molar-refractivity contribution < 1.29 is 80.2 Å². The van der Waals surface area contributed by atoms with Crippen molar-refractivity contribution in [1.82, 2.24) is 9.80 Å². The first-order valence-corrected chi connectivity index (χ1v) is 13.1. The van der Waals surface area contributed by atoms with Crippen LogP contribution in [-0.2, 0) is 22.4 Å². The summed E-state index contributed by atoms with van der Waals surface area (Å²) in [5.41, 5.74) is 2.18. The monoisotopic (exact) mass is 852 g/mol. The maximum Gasteiger partial charge on any atom is 2.00 e. The number of amides is 4. The number of hydrogen-bond acceptors (Lipinski definition) is 6. The van der Waals surface area contributed by atoms with E-state index in [0.29, 0.717) is 22.3 Å². The number of benzene rings is 4. The van der Waals surface area contributed by atoms with Crippen LogP contribution < -0.4 is 0 Å². The molecule has 0 bridgehead atoms. The normalized spacial score (nSPS) is 13.2. The van der Waals surface area contributed by atoms with Crippen LogP contribution in [0.4, 0.5) is 0 Å². The van der Waals surface area contributed by atoms with Gasteiger partial charge >= 0.3 is 22.4 Å². The number of imide groups is 2. The molecular formula is C28H20N2O4S2TaTb-2. The molecular weight excluding hydrogens is 832 g/mol. The first-order chi connectivity index (χ1) is 17.3. The van der Waals surface area contributed by atoms with Crippen molar-refractivity contribution in [3.05, 3.63) is 122 Å². The van der Waals surface area contributed by atoms with Gasteiger partial charge in [0.05, 0.1) is 0 Å². The van der Waals surface area contributed by atoms with Gasteiger partial charge in [0, 0.05) is 71.6 Å². The summed E-state index contributed by atoms with van der Waals surface area (Å²) < 4.78 is 0. The third kappa shape index (κ3) is 6.09. The Hall–Kier alpha value is -1.59. The molecule has 2 aliphatic rings. The quantitative estimate of drug-likeness (QED) is 0.126. The minimum Gasteiger partial charge on any atom is -0.430 e. The number of carbonyl (C=O) groups excluding carboxylic acids is 4. The van der Waals surface area contributed by atoms with Crippen molar-refractivity contribution in [2.75, 3.05) is 0 Å². The fourth-order valence-electron chi connectivity index (χ4n) is 4.16. The molecule has 6 rings (SSSR count). The number of rotatable bonds is 1. The van der Waals surface area contributed by atoms with Gasteiger partial charge in [0.1, 0.15) is 0 Å². The molecule has 0 spiro atoms. The van der Waals surface area contributed by atoms with Gasteiger partial charge in [-0.25, -0.2) is 14.1 Å². The summed E-state index contributed by atoms with van der Waals surface area (Å²) in [5.74, 6) is -1.35. The van der Waals surface area contributed by atoms with Crippen molar-refractivity contribution >= 4 is 66.8 Å². The molecule has 4 amide bonds. The standard InChI is InChI=1S/2C13H8NO2.C2H4S2.Ta.Tb/c2*1-14-12(15)9-6-2-4-8-5-3-7-10(11(8)9)13(14)16;1-3-4-2;;/h2*2-7H,1H2;1-2H2;;/q2*-1;-2;+2;. The predicted octanol–water partition coefficient (Wildman–Crippen LogP) is 6.40. The summed E-state index contributed by atoms with van der Waals surface area (Å²) in [6, 6.07) is 21.7. The third-order valence-electron chi connectivity index (χ3n) is 5.79. The van der Waals surface area contributed by atoms with Crippen LogP contribution >= 0.6 is 21.6 Å². The molecule has 2 radical (unpaired) electrons. The molecule has 2 aliphatic heterocycles. The Kier molecular flexibility index (Phi) is 12.2. The Morgan fingerprint density at radius 2 is 0.737 bits per heavy atom. The van der Waals surface area contributed by atoms with Crippen LogP contribution in [0.3, 0.4) is 0 Å². The van der Waals surface area contributed by atoms with Crippen molar-refractivity contribution in [2.45, 2.75) is 0 Å². The molecule has 0 aromatic heterocycles. The molecule has 0 unspecified atom stereocenters. The van der Waals surface area contributed by atoms with E-state index in [4.69, 9.17) is 0 Å². The zero-order valence-electron chi connectivity index (χ0n) is 19.9. The van der Waals surface area contributed by atoms with Gasteiger partial charge < -0.3 is 31.4 Å². The molecule has 0 fully saturated rings. The molecule has 0 saturated carbocycles. The van der Waals surface area contributed by atoms with Gasteiger partial charge in [0.2, 0.25) is 23.6 Å². The average molecular weight is 852 g/mol. The first-order valence-electron chi connectivity index (χ1n) is 10.6. The molecule has 6 nitrogen and oxygen atoms in total. The van der Waals surface area contributed by atoms with Crippen LogP contribution in [-0.4, -0.2) is 33.4 Å². The van der Waals surface area contributed by atoms with Crippen molar-refractivity contribution in [3.63, 3.8) is 0 Å². The molecule has 10 heteroatoms. The summed E-state index contributed by atoms with van der Waals surface area (Å²) in [6.45, 7) is 0. The van der Waals surface area contributed by atoms with Gasteiger partial charge in [-0.05, 0) is 35.0 Å². The topological polar surface area (TPSA) is 74.8 Å². The second kappa shape index (κ2) is 14.2. The van der Waals surface area contributed by atoms with E-state index in [2.05, 4.69) is 26.6 Å². The average Bonchev–Trinajstić information content (AvgIpc) is 2.92. The van der Waals surface area contributed by atoms with Crippen LogP contribution in [0.15, 0.2) is 72.8 Å². The Balaban J connectivity index is 0.000000224. The summed E-state index contributed by atoms with van der Waals surface area (Å²) >= 11 is 0. The molecule has 38 heavy (non-hydrogen) atoms. The Morgan fingerprint density at radius 1 is 0.500 bits per heavy atom. The van der Waals surface area contributed by atoms with Gasteiger partial charge in [-0.15, -0.1) is 0 Å². The summed E-state index contributed by atoms with van der Waals surface area (Å²) in [7, 11) is 9.78. The van der Waals surface area contributed by atoms with Gasteiger partial charge in [-0.3, -0.25) is 31.7 Å². The molecule has 0 N–H and O–H groups in total. The zero-order valence-corrected chi connectivity index (χ0v) is 26.9. The van der Waals surface area contributed by atoms with E-state index in [1.807, 2.05) is 48.5 Å². The van der Waals surface area contributed by atoms with Crippen LogP contribution in [0, 0.1) is 65.2 Å². The second-order valence-electron chi connectivity index (χ2n) is 7.73. The summed E-state index contributed by atoms with van der Waals surface area (Å²) in [5, 5.41) is 3.29. The zero-order chi connectivity index (χ0) is 26.0. The van der Waals surface area contributed by atoms with Gasteiger partial charge in [0.25, 0.3) is 0 Å². The van der Waals surface area contributed by atoms with Crippen molar-refractivity contribution in [3.8, 4) is 0 Å². The van der Waals surface area contributed by atoms with Crippen molar-refractivity contribution in [1.29, 1.82) is 0 Å². The van der Waals surface area contributed by atoms with Gasteiger partial charge in [-0.1, -0.05) is 48.5 Å². The Labute approximate surface area is 275 Å². The molecule has 0 aliphatic carbocycles. The predicted molar refractivity (Wildman–Crippen MR) is 146 cm³/mol. The fourth-order valence-corrected chi connectivity index (χ4v) is 4.16. The SMILES string of the molecule is [CH2-]N1C(=O)c2cccc3cccc(c23)C1=O.[CH2-]N1C(=O)c2cccc3cccc(c23)C1=O.[CH2-]SS[CH2-].[Ta+2].[Tb]. The van der Waals surface area contributed by atoms with Crippen LogP contribution in [0.1, 0.15) is 41.4 Å². The van der Waals surface area contributed by atoms with Crippen LogP contribution in [0.2, 0.25) is 0 Å². The third-order valence-corrected chi connectivity index (χ3v) is 6.46. The summed E-state index contributed by atoms with van der Waals surface area (Å²) in [6.07, 6.45) is 6.84. The molecule has 4 aromatic rings. The molecule has 4 aromatic carbocycles. The van der Waals surface area contributed by atoms with E-state index in [-0.39, 0.29) is 84.6 Å². The number of hydrogen-bond donors (Lipinski definition) is 0. The Bertz CT molecular complexity index is 1330. The molecule has 194 valence electrons. The second-order valence-corrected chi connectivity index (χ2v) is 9.62. The van der Waals surface area contributed by atoms with E-state index >= 15 is 0 Å². The maximum absolute atomic E-state index is 11.9. The van der Waals surface area contributed by atoms with Crippen molar-refractivity contribution in [2.24, 2.45) is 0 Å². The van der Waals surface area contributed by atoms with E-state index in [9.17, 15) is 19.2 Å². The maximum atomic E-state index is 11.9. The van der Waals surface area contributed by atoms with Gasteiger partial charge in [-0.2, -0.15) is 0 Å².